The van der Waals surface area contributed by atoms with Crippen LogP contribution < -0.4 is 0 Å². The fraction of sp³-hybridized carbons (Fsp3) is 0.529. The van der Waals surface area contributed by atoms with Crippen LogP contribution in [0.25, 0.3) is 0 Å². The summed E-state index contributed by atoms with van der Waals surface area (Å²) >= 11 is 0. The number of pyridine rings is 4. The van der Waals surface area contributed by atoms with Crippen molar-refractivity contribution in [2.24, 2.45) is 23.7 Å². The second-order valence-electron chi connectivity index (χ2n) is 26.3. The summed E-state index contributed by atoms with van der Waals surface area (Å²) in [5, 5.41) is 19.7. The van der Waals surface area contributed by atoms with Gasteiger partial charge in [-0.25, -0.2) is 9.59 Å². The van der Waals surface area contributed by atoms with E-state index < -0.39 is 71.2 Å². The number of likely N-dealkylation sites (tertiary alicyclic amines) is 4. The lowest BCUT2D eigenvalue weighted by Crippen LogP contribution is -2.46. The Morgan fingerprint density at radius 1 is 0.327 bits per heavy atom. The standard InChI is InChI=1S/C38H44N8O10.C30H38N6O6/c47-31-7-8-32(48)45(31)55-37(53)25-11-15-43(16-12-25)35(51)23-41-19-27-3-1-4-28(39-27)20-42(22-30-6-2-5-29(21-41)40-30)24-36(52)44-17-13-26(14-18-44)38(54)56-46-33(49)9-10-34(46)50;37-27(35-11-7-21(8-12-35)29(39)40)19-33-15-23-3-1-4-24(31-23)16-34(18-26-6-2-5-25(17-33)32-26)20-28(38)36-13-9-22(10-14-36)30(41)42/h1-6,25-26H,7-24H2;1-6,21-22H,7-20H2,(H,39,40)(H,41,42). The summed E-state index contributed by atoms with van der Waals surface area (Å²) in [5.74, 6) is -7.11. The van der Waals surface area contributed by atoms with Crippen LogP contribution in [-0.4, -0.2) is 229 Å². The Kier molecular flexibility index (Phi) is 23.0. The quantitative estimate of drug-likeness (QED) is 0.170. The molecule has 4 aromatic heterocycles. The second-order valence-corrected chi connectivity index (χ2v) is 26.3. The molecule has 12 heterocycles. The average molecular weight is 1350 g/mol. The first-order valence-electron chi connectivity index (χ1n) is 33.6. The number of carboxylic acids is 2. The third kappa shape index (κ3) is 18.6. The molecule has 30 heteroatoms. The number of imide groups is 2. The van der Waals surface area contributed by atoms with Gasteiger partial charge in [0.15, 0.2) is 0 Å². The van der Waals surface area contributed by atoms with Gasteiger partial charge in [-0.2, -0.15) is 0 Å². The molecule has 6 saturated heterocycles. The van der Waals surface area contributed by atoms with E-state index in [1.54, 1.807) is 19.6 Å². The molecule has 0 atom stereocenters. The highest BCUT2D eigenvalue weighted by atomic mass is 16.7. The smallest absolute Gasteiger partial charge is 0.336 e. The van der Waals surface area contributed by atoms with Crippen LogP contribution >= 0.6 is 0 Å². The van der Waals surface area contributed by atoms with Crippen molar-refractivity contribution in [3.8, 4) is 0 Å². The van der Waals surface area contributed by atoms with Gasteiger partial charge in [-0.05, 0) is 99.9 Å². The number of piperidine rings is 4. The summed E-state index contributed by atoms with van der Waals surface area (Å²) < 4.78 is 0. The van der Waals surface area contributed by atoms with Crippen LogP contribution in [0.3, 0.4) is 0 Å². The van der Waals surface area contributed by atoms with E-state index in [2.05, 4.69) is 0 Å². The van der Waals surface area contributed by atoms with E-state index in [1.807, 2.05) is 92.4 Å². The van der Waals surface area contributed by atoms with E-state index in [-0.39, 0.29) is 75.5 Å². The van der Waals surface area contributed by atoms with E-state index in [1.165, 1.54) is 0 Å². The van der Waals surface area contributed by atoms with Gasteiger partial charge in [-0.3, -0.25) is 87.5 Å². The molecule has 520 valence electrons. The Morgan fingerprint density at radius 3 is 0.714 bits per heavy atom. The van der Waals surface area contributed by atoms with E-state index in [0.717, 1.165) is 45.6 Å². The van der Waals surface area contributed by atoms with Crippen molar-refractivity contribution < 1.29 is 77.4 Å². The number of carboxylic acid groups (broad SMARTS) is 2. The topological polar surface area (TPSA) is 348 Å². The molecule has 0 radical (unpaired) electrons. The number of rotatable bonds is 14. The highest BCUT2D eigenvalue weighted by molar-refractivity contribution is 6.02. The lowest BCUT2D eigenvalue weighted by Gasteiger charge is -2.33. The first-order valence-corrected chi connectivity index (χ1v) is 33.6. The monoisotopic (exact) mass is 1350 g/mol. The van der Waals surface area contributed by atoms with Crippen LogP contribution in [0.2, 0.25) is 0 Å². The SMILES string of the molecule is O=C(O)C1CCN(C(=O)CN2Cc3cccc(n3)CN(CC(=O)N3CCC(C(=O)O)CC3)Cc3cccc(n3)C2)CC1.O=C(ON1C(=O)CCC1=O)C1CCN(C(=O)CN2Cc3cccc(n3)CN(CC(=O)N3CCC(C(=O)ON4C(=O)CCC4=O)CC3)Cc3cccc(n3)C2)CC1. The Labute approximate surface area is 565 Å². The van der Waals surface area contributed by atoms with Crippen molar-refractivity contribution in [2.75, 3.05) is 78.5 Å². The Morgan fingerprint density at radius 2 is 0.520 bits per heavy atom. The zero-order chi connectivity index (χ0) is 69.0. The number of amides is 8. The number of hydrogen-bond donors (Lipinski definition) is 2. The van der Waals surface area contributed by atoms with Crippen LogP contribution in [0, 0.1) is 23.7 Å². The van der Waals surface area contributed by atoms with Crippen LogP contribution in [-0.2, 0) is 120 Å². The first kappa shape index (κ1) is 69.8. The highest BCUT2D eigenvalue weighted by Crippen LogP contribution is 2.27. The summed E-state index contributed by atoms with van der Waals surface area (Å²) in [7, 11) is 0. The average Bonchev–Trinajstić information content (AvgIpc) is 1.37. The van der Waals surface area contributed by atoms with Crippen LogP contribution in [0.1, 0.15) is 123 Å². The molecule has 30 nitrogen and oxygen atoms in total. The predicted octanol–water partition coefficient (Wildman–Crippen LogP) is 1.93. The maximum atomic E-state index is 13.6. The van der Waals surface area contributed by atoms with Crippen molar-refractivity contribution in [1.82, 2.24) is 69.3 Å². The van der Waals surface area contributed by atoms with E-state index in [0.29, 0.717) is 166 Å². The van der Waals surface area contributed by atoms with Crippen LogP contribution in [0.15, 0.2) is 72.8 Å². The Bertz CT molecular complexity index is 3320. The normalized spacial score (nSPS) is 20.1. The van der Waals surface area contributed by atoms with Crippen LogP contribution in [0.4, 0.5) is 0 Å². The molecule has 0 unspecified atom stereocenters. The van der Waals surface area contributed by atoms with Crippen molar-refractivity contribution in [1.29, 1.82) is 0 Å². The summed E-state index contributed by atoms with van der Waals surface area (Å²) in [6.45, 7) is 6.83. The molecule has 4 aromatic rings. The lowest BCUT2D eigenvalue weighted by molar-refractivity contribution is -0.201. The summed E-state index contributed by atoms with van der Waals surface area (Å²) in [6, 6.07) is 23.0. The second kappa shape index (κ2) is 32.2. The van der Waals surface area contributed by atoms with Crippen molar-refractivity contribution in [2.45, 2.75) is 129 Å². The van der Waals surface area contributed by atoms with Crippen molar-refractivity contribution >= 4 is 71.1 Å². The van der Waals surface area contributed by atoms with E-state index in [4.69, 9.17) is 29.6 Å². The summed E-state index contributed by atoms with van der Waals surface area (Å²) in [5.41, 5.74) is 6.22. The molecule has 98 heavy (non-hydrogen) atoms. The number of carbonyl (C=O) groups excluding carboxylic acids is 10. The molecular weight excluding hydrogens is 1270 g/mol. The number of hydroxylamine groups is 4. The third-order valence-electron chi connectivity index (χ3n) is 19.1. The summed E-state index contributed by atoms with van der Waals surface area (Å²) in [6.07, 6.45) is 3.37. The fourth-order valence-electron chi connectivity index (χ4n) is 13.6. The Hall–Kier alpha value is -9.52. The van der Waals surface area contributed by atoms with Gasteiger partial charge < -0.3 is 39.5 Å². The molecular formula is C68H82N14O16. The lowest BCUT2D eigenvalue weighted by atomic mass is 9.97. The number of fused-ring (bicyclic) bond motifs is 8. The minimum Gasteiger partial charge on any atom is -0.481 e. The van der Waals surface area contributed by atoms with Gasteiger partial charge >= 0.3 is 23.9 Å². The molecule has 8 aliphatic rings. The van der Waals surface area contributed by atoms with Gasteiger partial charge in [0.05, 0.1) is 95.4 Å². The number of hydrogen-bond acceptors (Lipinski definition) is 22. The largest absolute Gasteiger partial charge is 0.481 e. The minimum atomic E-state index is -0.801. The number of aliphatic carboxylic acids is 2. The number of carbonyl (C=O) groups is 12. The number of nitrogens with zero attached hydrogens (tertiary/aromatic N) is 14. The molecule has 2 N–H and O–H groups in total. The van der Waals surface area contributed by atoms with Crippen molar-refractivity contribution in [3.05, 3.63) is 118 Å². The van der Waals surface area contributed by atoms with Crippen molar-refractivity contribution in [3.63, 3.8) is 0 Å². The molecule has 8 bridgehead atoms. The van der Waals surface area contributed by atoms with Gasteiger partial charge in [0.25, 0.3) is 23.6 Å². The highest BCUT2D eigenvalue weighted by Gasteiger charge is 2.39. The molecule has 8 amide bonds. The third-order valence-corrected chi connectivity index (χ3v) is 19.1. The molecule has 0 aromatic carbocycles. The summed E-state index contributed by atoms with van der Waals surface area (Å²) in [4.78, 5) is 194. The zero-order valence-electron chi connectivity index (χ0n) is 54.7. The Balaban J connectivity index is 0.000000207. The van der Waals surface area contributed by atoms with Gasteiger partial charge in [0, 0.05) is 130 Å². The molecule has 0 aliphatic carbocycles. The molecule has 0 saturated carbocycles. The predicted molar refractivity (Wildman–Crippen MR) is 340 cm³/mol. The first-order chi connectivity index (χ1) is 47.2. The van der Waals surface area contributed by atoms with Gasteiger partial charge in [0.2, 0.25) is 23.6 Å². The maximum Gasteiger partial charge on any atom is 0.336 e. The molecule has 8 aliphatic heterocycles. The van der Waals surface area contributed by atoms with Gasteiger partial charge in [0.1, 0.15) is 0 Å². The molecule has 12 rings (SSSR count). The zero-order valence-corrected chi connectivity index (χ0v) is 54.7. The molecule has 6 fully saturated rings. The minimum absolute atomic E-state index is 0.0238. The van der Waals surface area contributed by atoms with E-state index in [9.17, 15) is 67.7 Å². The van der Waals surface area contributed by atoms with Gasteiger partial charge in [-0.15, -0.1) is 10.1 Å². The fourth-order valence-corrected chi connectivity index (χ4v) is 13.6. The van der Waals surface area contributed by atoms with Crippen LogP contribution in [0.5, 0.6) is 0 Å². The maximum absolute atomic E-state index is 13.6. The number of aromatic nitrogens is 4. The molecule has 0 spiro atoms. The van der Waals surface area contributed by atoms with Gasteiger partial charge in [-0.1, -0.05) is 24.3 Å². The van der Waals surface area contributed by atoms with E-state index >= 15 is 0 Å².